The van der Waals surface area contributed by atoms with Crippen molar-refractivity contribution < 1.29 is 4.74 Å². The molecule has 0 aromatic heterocycles. The molecule has 0 atom stereocenters. The molecule has 3 heteroatoms. The van der Waals surface area contributed by atoms with Crippen molar-refractivity contribution in [2.24, 2.45) is 5.92 Å². The third-order valence-corrected chi connectivity index (χ3v) is 2.32. The second-order valence-electron chi connectivity index (χ2n) is 5.86. The van der Waals surface area contributed by atoms with Crippen LogP contribution in [0, 0.1) is 5.92 Å². The number of rotatable bonds is 8. The van der Waals surface area contributed by atoms with E-state index in [0.29, 0.717) is 5.92 Å². The van der Waals surface area contributed by atoms with E-state index in [1.807, 2.05) is 0 Å². The van der Waals surface area contributed by atoms with E-state index in [9.17, 15) is 0 Å². The maximum absolute atomic E-state index is 5.14. The number of nitrogens with one attached hydrogen (secondary N) is 1. The van der Waals surface area contributed by atoms with Crippen molar-refractivity contribution in [1.29, 1.82) is 0 Å². The Morgan fingerprint density at radius 2 is 1.81 bits per heavy atom. The number of nitrogens with zero attached hydrogens (tertiary/aromatic N) is 1. The quantitative estimate of drug-likeness (QED) is 0.690. The Morgan fingerprint density at radius 3 is 2.25 bits per heavy atom. The van der Waals surface area contributed by atoms with Gasteiger partial charge in [-0.3, -0.25) is 4.90 Å². The highest BCUT2D eigenvalue weighted by atomic mass is 16.5. The SMILES string of the molecule is COCCN(CCNC(C)(C)C)CC(C)C. The van der Waals surface area contributed by atoms with Gasteiger partial charge in [0.05, 0.1) is 6.61 Å². The lowest BCUT2D eigenvalue weighted by Gasteiger charge is -2.27. The highest BCUT2D eigenvalue weighted by Crippen LogP contribution is 2.00. The molecule has 0 rings (SSSR count). The van der Waals surface area contributed by atoms with E-state index in [2.05, 4.69) is 44.8 Å². The van der Waals surface area contributed by atoms with Crippen molar-refractivity contribution >= 4 is 0 Å². The molecule has 0 spiro atoms. The summed E-state index contributed by atoms with van der Waals surface area (Å²) in [5, 5.41) is 3.52. The van der Waals surface area contributed by atoms with Crippen LogP contribution in [0.5, 0.6) is 0 Å². The van der Waals surface area contributed by atoms with Crippen LogP contribution in [-0.4, -0.2) is 50.3 Å². The monoisotopic (exact) mass is 230 g/mol. The molecular formula is C13H30N2O. The smallest absolute Gasteiger partial charge is 0.0589 e. The van der Waals surface area contributed by atoms with Crippen LogP contribution in [0.2, 0.25) is 0 Å². The third-order valence-electron chi connectivity index (χ3n) is 2.32. The molecule has 0 aliphatic carbocycles. The van der Waals surface area contributed by atoms with Crippen molar-refractivity contribution in [3.63, 3.8) is 0 Å². The molecule has 16 heavy (non-hydrogen) atoms. The van der Waals surface area contributed by atoms with E-state index in [0.717, 1.165) is 32.8 Å². The van der Waals surface area contributed by atoms with Crippen LogP contribution in [-0.2, 0) is 4.74 Å². The topological polar surface area (TPSA) is 24.5 Å². The van der Waals surface area contributed by atoms with Gasteiger partial charge in [-0.25, -0.2) is 0 Å². The normalized spacial score (nSPS) is 12.8. The molecule has 0 radical (unpaired) electrons. The van der Waals surface area contributed by atoms with Gasteiger partial charge in [-0.1, -0.05) is 13.8 Å². The number of hydrogen-bond acceptors (Lipinski definition) is 3. The molecular weight excluding hydrogens is 200 g/mol. The Bertz CT molecular complexity index is 164. The van der Waals surface area contributed by atoms with Crippen molar-refractivity contribution in [2.45, 2.75) is 40.2 Å². The molecule has 3 nitrogen and oxygen atoms in total. The first-order valence-corrected chi connectivity index (χ1v) is 6.31. The Balaban J connectivity index is 3.82. The zero-order valence-corrected chi connectivity index (χ0v) is 12.0. The van der Waals surface area contributed by atoms with Gasteiger partial charge in [0.2, 0.25) is 0 Å². The fourth-order valence-electron chi connectivity index (χ4n) is 1.62. The summed E-state index contributed by atoms with van der Waals surface area (Å²) in [4.78, 5) is 2.47. The van der Waals surface area contributed by atoms with Gasteiger partial charge >= 0.3 is 0 Å². The van der Waals surface area contributed by atoms with Gasteiger partial charge < -0.3 is 10.1 Å². The summed E-state index contributed by atoms with van der Waals surface area (Å²) in [7, 11) is 1.76. The van der Waals surface area contributed by atoms with Crippen LogP contribution in [0.3, 0.4) is 0 Å². The minimum Gasteiger partial charge on any atom is -0.383 e. The van der Waals surface area contributed by atoms with Gasteiger partial charge in [0.25, 0.3) is 0 Å². The largest absolute Gasteiger partial charge is 0.383 e. The van der Waals surface area contributed by atoms with E-state index >= 15 is 0 Å². The Labute approximate surface area is 102 Å². The van der Waals surface area contributed by atoms with Crippen LogP contribution < -0.4 is 5.32 Å². The van der Waals surface area contributed by atoms with E-state index < -0.39 is 0 Å². The standard InChI is InChI=1S/C13H30N2O/c1-12(2)11-15(9-10-16-6)8-7-14-13(3,4)5/h12,14H,7-11H2,1-6H3. The van der Waals surface area contributed by atoms with Crippen molar-refractivity contribution in [3.05, 3.63) is 0 Å². The average Bonchev–Trinajstić information content (AvgIpc) is 2.11. The molecule has 0 saturated heterocycles. The van der Waals surface area contributed by atoms with E-state index in [-0.39, 0.29) is 5.54 Å². The van der Waals surface area contributed by atoms with Crippen LogP contribution in [0.1, 0.15) is 34.6 Å². The number of ether oxygens (including phenoxy) is 1. The first-order chi connectivity index (χ1) is 7.35. The van der Waals surface area contributed by atoms with Gasteiger partial charge in [0.15, 0.2) is 0 Å². The Kier molecular flexibility index (Phi) is 7.98. The highest BCUT2D eigenvalue weighted by molar-refractivity contribution is 4.71. The molecule has 0 aliphatic heterocycles. The molecule has 0 amide bonds. The van der Waals surface area contributed by atoms with E-state index in [4.69, 9.17) is 4.74 Å². The highest BCUT2D eigenvalue weighted by Gasteiger charge is 2.10. The Hall–Kier alpha value is -0.120. The summed E-state index contributed by atoms with van der Waals surface area (Å²) in [6, 6.07) is 0. The average molecular weight is 230 g/mol. The summed E-state index contributed by atoms with van der Waals surface area (Å²) in [5.41, 5.74) is 0.213. The second kappa shape index (κ2) is 8.04. The van der Waals surface area contributed by atoms with Crippen LogP contribution >= 0.6 is 0 Å². The van der Waals surface area contributed by atoms with Crippen molar-refractivity contribution in [2.75, 3.05) is 39.9 Å². The summed E-state index contributed by atoms with van der Waals surface area (Å²) >= 11 is 0. The first-order valence-electron chi connectivity index (χ1n) is 6.31. The van der Waals surface area contributed by atoms with Crippen molar-refractivity contribution in [1.82, 2.24) is 10.2 Å². The zero-order chi connectivity index (χ0) is 12.6. The molecule has 0 aliphatic rings. The van der Waals surface area contributed by atoms with Gasteiger partial charge in [0, 0.05) is 38.8 Å². The lowest BCUT2D eigenvalue weighted by atomic mass is 10.1. The summed E-state index contributed by atoms with van der Waals surface area (Å²) in [6.07, 6.45) is 0. The first kappa shape index (κ1) is 15.9. The predicted molar refractivity (Wildman–Crippen MR) is 70.9 cm³/mol. The predicted octanol–water partition coefficient (Wildman–Crippen LogP) is 1.98. The fourth-order valence-corrected chi connectivity index (χ4v) is 1.62. The van der Waals surface area contributed by atoms with E-state index in [1.54, 1.807) is 7.11 Å². The summed E-state index contributed by atoms with van der Waals surface area (Å²) in [6.45, 7) is 16.3. The Morgan fingerprint density at radius 1 is 1.19 bits per heavy atom. The van der Waals surface area contributed by atoms with Crippen molar-refractivity contribution in [3.8, 4) is 0 Å². The molecule has 0 aromatic carbocycles. The van der Waals surface area contributed by atoms with Crippen LogP contribution in [0.15, 0.2) is 0 Å². The van der Waals surface area contributed by atoms with Gasteiger partial charge in [-0.2, -0.15) is 0 Å². The molecule has 0 unspecified atom stereocenters. The van der Waals surface area contributed by atoms with Crippen LogP contribution in [0.4, 0.5) is 0 Å². The molecule has 0 bridgehead atoms. The number of methoxy groups -OCH3 is 1. The molecule has 0 fully saturated rings. The second-order valence-corrected chi connectivity index (χ2v) is 5.86. The molecule has 1 N–H and O–H groups in total. The lowest BCUT2D eigenvalue weighted by Crippen LogP contribution is -2.43. The third kappa shape index (κ3) is 10.4. The van der Waals surface area contributed by atoms with Gasteiger partial charge in [-0.05, 0) is 26.7 Å². The lowest BCUT2D eigenvalue weighted by molar-refractivity contribution is 0.139. The summed E-state index contributed by atoms with van der Waals surface area (Å²) in [5.74, 6) is 0.714. The van der Waals surface area contributed by atoms with Gasteiger partial charge in [0.1, 0.15) is 0 Å². The van der Waals surface area contributed by atoms with E-state index in [1.165, 1.54) is 0 Å². The maximum Gasteiger partial charge on any atom is 0.0589 e. The zero-order valence-electron chi connectivity index (χ0n) is 12.0. The van der Waals surface area contributed by atoms with Gasteiger partial charge in [-0.15, -0.1) is 0 Å². The fraction of sp³-hybridized carbons (Fsp3) is 1.00. The number of hydrogen-bond donors (Lipinski definition) is 1. The maximum atomic E-state index is 5.14. The van der Waals surface area contributed by atoms with Crippen LogP contribution in [0.25, 0.3) is 0 Å². The summed E-state index contributed by atoms with van der Waals surface area (Å²) < 4.78 is 5.14. The minimum absolute atomic E-state index is 0.213. The molecule has 0 heterocycles. The minimum atomic E-state index is 0.213. The molecule has 0 aromatic rings. The molecule has 98 valence electrons. The molecule has 0 saturated carbocycles.